The quantitative estimate of drug-likeness (QED) is 0.441. The van der Waals surface area contributed by atoms with Gasteiger partial charge in [-0.15, -0.1) is 0 Å². The lowest BCUT2D eigenvalue weighted by Gasteiger charge is -2.12. The summed E-state index contributed by atoms with van der Waals surface area (Å²) in [5, 5.41) is 2.73. The molecular formula is C23H21F3N2O5S. The van der Waals surface area contributed by atoms with E-state index in [1.165, 1.54) is 37.4 Å². The summed E-state index contributed by atoms with van der Waals surface area (Å²) in [7, 11) is -2.57. The average molecular weight is 494 g/mol. The first-order valence-corrected chi connectivity index (χ1v) is 11.4. The molecule has 0 aliphatic heterocycles. The van der Waals surface area contributed by atoms with Gasteiger partial charge in [0.2, 0.25) is 0 Å². The topological polar surface area (TPSA) is 93.7 Å². The van der Waals surface area contributed by atoms with Crippen molar-refractivity contribution < 1.29 is 35.9 Å². The Balaban J connectivity index is 1.55. The van der Waals surface area contributed by atoms with E-state index < -0.39 is 22.5 Å². The molecule has 3 rings (SSSR count). The Morgan fingerprint density at radius 2 is 1.65 bits per heavy atom. The second kappa shape index (κ2) is 10.9. The molecule has 2 N–H and O–H groups in total. The van der Waals surface area contributed by atoms with Crippen LogP contribution in [0.4, 0.5) is 18.9 Å². The number of methoxy groups -OCH3 is 1. The lowest BCUT2D eigenvalue weighted by molar-refractivity contribution is -0.0512. The Hall–Kier alpha value is -3.73. The Labute approximate surface area is 194 Å². The van der Waals surface area contributed by atoms with Crippen LogP contribution in [0.15, 0.2) is 71.6 Å². The van der Waals surface area contributed by atoms with Crippen LogP contribution in [0.25, 0.3) is 0 Å². The maximum absolute atomic E-state index is 13.0. The molecule has 0 aromatic heterocycles. The second-order valence-corrected chi connectivity index (χ2v) is 8.69. The summed E-state index contributed by atoms with van der Waals surface area (Å²) >= 11 is 0. The van der Waals surface area contributed by atoms with Crippen molar-refractivity contribution >= 4 is 21.6 Å². The van der Waals surface area contributed by atoms with Gasteiger partial charge in [0, 0.05) is 17.8 Å². The minimum Gasteiger partial charge on any atom is -0.493 e. The van der Waals surface area contributed by atoms with Crippen LogP contribution in [0.2, 0.25) is 0 Å². The van der Waals surface area contributed by atoms with Crippen LogP contribution in [-0.4, -0.2) is 34.6 Å². The Kier molecular flexibility index (Phi) is 8.00. The zero-order chi connectivity index (χ0) is 24.7. The van der Waals surface area contributed by atoms with Crippen LogP contribution >= 0.6 is 0 Å². The van der Waals surface area contributed by atoms with Crippen molar-refractivity contribution in [1.82, 2.24) is 5.32 Å². The normalized spacial score (nSPS) is 11.2. The number of amides is 1. The Morgan fingerprint density at radius 1 is 0.971 bits per heavy atom. The summed E-state index contributed by atoms with van der Waals surface area (Å²) < 4.78 is 74.3. The molecule has 0 fully saturated rings. The highest BCUT2D eigenvalue weighted by molar-refractivity contribution is 7.92. The van der Waals surface area contributed by atoms with Crippen molar-refractivity contribution in [1.29, 1.82) is 0 Å². The SMILES string of the molecule is COc1cc(CCNC(=O)c2ccc(NS(=O)(=O)c3ccc(F)cc3)cc2)ccc1OC(F)F. The summed E-state index contributed by atoms with van der Waals surface area (Å²) in [4.78, 5) is 12.3. The van der Waals surface area contributed by atoms with Crippen molar-refractivity contribution in [3.63, 3.8) is 0 Å². The van der Waals surface area contributed by atoms with Crippen molar-refractivity contribution in [2.75, 3.05) is 18.4 Å². The van der Waals surface area contributed by atoms with Gasteiger partial charge in [0.25, 0.3) is 15.9 Å². The van der Waals surface area contributed by atoms with E-state index in [4.69, 9.17) is 4.74 Å². The predicted molar refractivity (Wildman–Crippen MR) is 119 cm³/mol. The highest BCUT2D eigenvalue weighted by Crippen LogP contribution is 2.29. The third-order valence-corrected chi connectivity index (χ3v) is 6.06. The number of hydrogen-bond donors (Lipinski definition) is 2. The summed E-state index contributed by atoms with van der Waals surface area (Å²) in [6.07, 6.45) is 0.409. The highest BCUT2D eigenvalue weighted by Gasteiger charge is 2.15. The molecule has 0 saturated carbocycles. The van der Waals surface area contributed by atoms with Gasteiger partial charge in [0.05, 0.1) is 12.0 Å². The number of alkyl halides is 2. The van der Waals surface area contributed by atoms with Gasteiger partial charge in [-0.3, -0.25) is 9.52 Å². The number of nitrogens with one attached hydrogen (secondary N) is 2. The molecule has 0 unspecified atom stereocenters. The zero-order valence-electron chi connectivity index (χ0n) is 17.9. The fourth-order valence-electron chi connectivity index (χ4n) is 3.00. The third-order valence-electron chi connectivity index (χ3n) is 4.67. The molecule has 0 heterocycles. The first-order chi connectivity index (χ1) is 16.2. The van der Waals surface area contributed by atoms with Gasteiger partial charge < -0.3 is 14.8 Å². The van der Waals surface area contributed by atoms with E-state index in [-0.39, 0.29) is 34.5 Å². The molecule has 3 aromatic rings. The van der Waals surface area contributed by atoms with E-state index in [0.29, 0.717) is 12.0 Å². The van der Waals surface area contributed by atoms with E-state index in [9.17, 15) is 26.4 Å². The minimum atomic E-state index is -3.90. The fraction of sp³-hybridized carbons (Fsp3) is 0.174. The molecule has 11 heteroatoms. The number of rotatable bonds is 10. The van der Waals surface area contributed by atoms with Gasteiger partial charge in [-0.1, -0.05) is 6.07 Å². The van der Waals surface area contributed by atoms with Gasteiger partial charge in [0.1, 0.15) is 5.82 Å². The number of sulfonamides is 1. The molecule has 0 bridgehead atoms. The molecule has 0 saturated heterocycles. The molecule has 3 aromatic carbocycles. The number of carbonyl (C=O) groups excluding carboxylic acids is 1. The molecule has 0 spiro atoms. The number of benzene rings is 3. The van der Waals surface area contributed by atoms with E-state index in [1.807, 2.05) is 0 Å². The summed E-state index contributed by atoms with van der Waals surface area (Å²) in [6.45, 7) is -2.71. The number of anilines is 1. The minimum absolute atomic E-state index is 0.0829. The van der Waals surface area contributed by atoms with E-state index in [0.717, 1.165) is 29.8 Å². The lowest BCUT2D eigenvalue weighted by Crippen LogP contribution is -2.25. The van der Waals surface area contributed by atoms with Crippen LogP contribution in [0.1, 0.15) is 15.9 Å². The fourth-order valence-corrected chi connectivity index (χ4v) is 4.06. The van der Waals surface area contributed by atoms with Gasteiger partial charge in [0.15, 0.2) is 11.5 Å². The highest BCUT2D eigenvalue weighted by atomic mass is 32.2. The number of ether oxygens (including phenoxy) is 2. The molecule has 0 radical (unpaired) electrons. The molecular weight excluding hydrogens is 473 g/mol. The van der Waals surface area contributed by atoms with Crippen LogP contribution in [0.5, 0.6) is 11.5 Å². The predicted octanol–water partition coefficient (Wildman–Crippen LogP) is 4.21. The van der Waals surface area contributed by atoms with Gasteiger partial charge in [-0.25, -0.2) is 12.8 Å². The summed E-state index contributed by atoms with van der Waals surface area (Å²) in [5.41, 5.74) is 1.28. The first kappa shape index (κ1) is 24.9. The average Bonchev–Trinajstić information content (AvgIpc) is 2.80. The summed E-state index contributed by atoms with van der Waals surface area (Å²) in [6, 6.07) is 14.7. The molecule has 0 aliphatic carbocycles. The van der Waals surface area contributed by atoms with Gasteiger partial charge >= 0.3 is 6.61 Å². The number of carbonyl (C=O) groups is 1. The number of halogens is 3. The number of hydrogen-bond acceptors (Lipinski definition) is 5. The van der Waals surface area contributed by atoms with Crippen molar-refractivity contribution in [3.8, 4) is 11.5 Å². The van der Waals surface area contributed by atoms with Crippen LogP contribution in [-0.2, 0) is 16.4 Å². The van der Waals surface area contributed by atoms with Crippen molar-refractivity contribution in [2.45, 2.75) is 17.9 Å². The van der Waals surface area contributed by atoms with Crippen LogP contribution in [0, 0.1) is 5.82 Å². The van der Waals surface area contributed by atoms with Crippen LogP contribution in [0.3, 0.4) is 0 Å². The molecule has 0 aliphatic rings. The first-order valence-electron chi connectivity index (χ1n) is 9.96. The maximum atomic E-state index is 13.0. The Morgan fingerprint density at radius 3 is 2.26 bits per heavy atom. The third kappa shape index (κ3) is 6.64. The molecule has 34 heavy (non-hydrogen) atoms. The lowest BCUT2D eigenvalue weighted by atomic mass is 10.1. The van der Waals surface area contributed by atoms with Gasteiger partial charge in [-0.05, 0) is 72.6 Å². The standard InChI is InChI=1S/C23H21F3N2O5S/c1-32-21-14-15(2-11-20(21)33-23(25)26)12-13-27-22(29)16-3-7-18(8-4-16)28-34(30,31)19-9-5-17(24)6-10-19/h2-11,14,23,28H,12-13H2,1H3,(H,27,29). The van der Waals surface area contributed by atoms with Crippen molar-refractivity contribution in [2.24, 2.45) is 0 Å². The molecule has 1 amide bonds. The molecule has 7 nitrogen and oxygen atoms in total. The zero-order valence-corrected chi connectivity index (χ0v) is 18.7. The molecule has 180 valence electrons. The van der Waals surface area contributed by atoms with E-state index in [2.05, 4.69) is 14.8 Å². The van der Waals surface area contributed by atoms with Crippen LogP contribution < -0.4 is 19.5 Å². The summed E-state index contributed by atoms with van der Waals surface area (Å²) in [5.74, 6) is -0.855. The Bertz CT molecular complexity index is 1230. The molecule has 0 atom stereocenters. The largest absolute Gasteiger partial charge is 0.493 e. The van der Waals surface area contributed by atoms with E-state index >= 15 is 0 Å². The maximum Gasteiger partial charge on any atom is 0.387 e. The second-order valence-electron chi connectivity index (χ2n) is 7.01. The van der Waals surface area contributed by atoms with Crippen molar-refractivity contribution in [3.05, 3.63) is 83.7 Å². The monoisotopic (exact) mass is 494 g/mol. The van der Waals surface area contributed by atoms with Gasteiger partial charge in [-0.2, -0.15) is 8.78 Å². The smallest absolute Gasteiger partial charge is 0.387 e. The van der Waals surface area contributed by atoms with E-state index in [1.54, 1.807) is 12.1 Å².